The van der Waals surface area contributed by atoms with Gasteiger partial charge < -0.3 is 5.32 Å². The van der Waals surface area contributed by atoms with Crippen LogP contribution in [0.1, 0.15) is 15.9 Å². The molecule has 96 valence electrons. The van der Waals surface area contributed by atoms with Gasteiger partial charge in [-0.2, -0.15) is 0 Å². The smallest absolute Gasteiger partial charge is 0.255 e. The van der Waals surface area contributed by atoms with Crippen molar-refractivity contribution in [2.75, 3.05) is 5.32 Å². The van der Waals surface area contributed by atoms with Gasteiger partial charge in [0.15, 0.2) is 0 Å². The van der Waals surface area contributed by atoms with Crippen LogP contribution in [0, 0.1) is 0 Å². The molecule has 0 unspecified atom stereocenters. The summed E-state index contributed by atoms with van der Waals surface area (Å²) in [5.74, 6) is -0.103. The van der Waals surface area contributed by atoms with Gasteiger partial charge in [0, 0.05) is 15.7 Å². The number of rotatable bonds is 4. The molecular weight excluding hydrogens is 302 g/mol. The van der Waals surface area contributed by atoms with Gasteiger partial charge in [0.2, 0.25) is 0 Å². The average Bonchev–Trinajstić information content (AvgIpc) is 2.43. The van der Waals surface area contributed by atoms with Crippen LogP contribution in [0.25, 0.3) is 0 Å². The first kappa shape index (κ1) is 13.6. The molecule has 3 heteroatoms. The van der Waals surface area contributed by atoms with Crippen LogP contribution in [-0.2, 0) is 6.42 Å². The lowest BCUT2D eigenvalue weighted by molar-refractivity contribution is 0.102. The number of allylic oxidation sites excluding steroid dienone is 1. The summed E-state index contributed by atoms with van der Waals surface area (Å²) in [5, 5.41) is 2.93. The molecule has 2 aromatic carbocycles. The maximum Gasteiger partial charge on any atom is 0.255 e. The first-order valence-corrected chi connectivity index (χ1v) is 6.75. The minimum atomic E-state index is -0.103. The van der Waals surface area contributed by atoms with Gasteiger partial charge in [-0.3, -0.25) is 4.79 Å². The molecule has 0 aliphatic carbocycles. The Kier molecular flexibility index (Phi) is 4.53. The van der Waals surface area contributed by atoms with Gasteiger partial charge in [0.05, 0.1) is 0 Å². The monoisotopic (exact) mass is 315 g/mol. The summed E-state index contributed by atoms with van der Waals surface area (Å²) < 4.78 is 0.988. The predicted molar refractivity (Wildman–Crippen MR) is 82.4 cm³/mol. The second-order valence-electron chi connectivity index (χ2n) is 4.11. The third-order valence-electron chi connectivity index (χ3n) is 2.72. The number of carbonyl (C=O) groups is 1. The summed E-state index contributed by atoms with van der Waals surface area (Å²) in [4.78, 5) is 12.1. The zero-order valence-electron chi connectivity index (χ0n) is 10.4. The molecule has 1 amide bonds. The molecular formula is C16H14BrNO. The first-order chi connectivity index (χ1) is 9.20. The van der Waals surface area contributed by atoms with Crippen molar-refractivity contribution >= 4 is 27.5 Å². The van der Waals surface area contributed by atoms with E-state index in [9.17, 15) is 4.79 Å². The lowest BCUT2D eigenvalue weighted by Crippen LogP contribution is -2.13. The van der Waals surface area contributed by atoms with Crippen molar-refractivity contribution in [3.63, 3.8) is 0 Å². The topological polar surface area (TPSA) is 29.1 Å². The Hall–Kier alpha value is -1.87. The second kappa shape index (κ2) is 6.34. The Morgan fingerprint density at radius 2 is 1.95 bits per heavy atom. The summed E-state index contributed by atoms with van der Waals surface area (Å²) in [6, 6.07) is 15.0. The number of carbonyl (C=O) groups excluding carboxylic acids is 1. The molecule has 0 aromatic heterocycles. The van der Waals surface area contributed by atoms with Crippen molar-refractivity contribution in [2.24, 2.45) is 0 Å². The normalized spacial score (nSPS) is 9.95. The van der Waals surface area contributed by atoms with Gasteiger partial charge >= 0.3 is 0 Å². The van der Waals surface area contributed by atoms with Crippen molar-refractivity contribution in [3.05, 3.63) is 76.8 Å². The number of amides is 1. The van der Waals surface area contributed by atoms with E-state index in [1.807, 2.05) is 42.5 Å². The summed E-state index contributed by atoms with van der Waals surface area (Å²) in [6.45, 7) is 3.74. The molecule has 19 heavy (non-hydrogen) atoms. The standard InChI is InChI=1S/C16H14BrNO/c1-2-6-13-11-14(17)9-10-15(13)18-16(19)12-7-4-3-5-8-12/h2-5,7-11H,1,6H2,(H,18,19). The van der Waals surface area contributed by atoms with E-state index in [1.54, 1.807) is 12.1 Å². The van der Waals surface area contributed by atoms with Crippen LogP contribution >= 0.6 is 15.9 Å². The van der Waals surface area contributed by atoms with Crippen LogP contribution in [-0.4, -0.2) is 5.91 Å². The number of halogens is 1. The summed E-state index contributed by atoms with van der Waals surface area (Å²) >= 11 is 3.43. The second-order valence-corrected chi connectivity index (χ2v) is 5.03. The van der Waals surface area contributed by atoms with E-state index in [4.69, 9.17) is 0 Å². The van der Waals surface area contributed by atoms with Gasteiger partial charge in [-0.25, -0.2) is 0 Å². The largest absolute Gasteiger partial charge is 0.322 e. The number of anilines is 1. The van der Waals surface area contributed by atoms with Crippen LogP contribution in [0.5, 0.6) is 0 Å². The minimum Gasteiger partial charge on any atom is -0.322 e. The molecule has 0 radical (unpaired) electrons. The molecule has 0 heterocycles. The van der Waals surface area contributed by atoms with Crippen LogP contribution in [0.3, 0.4) is 0 Å². The molecule has 0 spiro atoms. The fourth-order valence-electron chi connectivity index (χ4n) is 1.79. The van der Waals surface area contributed by atoms with Crippen LogP contribution in [0.4, 0.5) is 5.69 Å². The van der Waals surface area contributed by atoms with E-state index in [0.29, 0.717) is 12.0 Å². The number of benzene rings is 2. The van der Waals surface area contributed by atoms with Gasteiger partial charge in [-0.05, 0) is 42.3 Å². The van der Waals surface area contributed by atoms with Gasteiger partial charge in [-0.15, -0.1) is 6.58 Å². The molecule has 0 atom stereocenters. The minimum absolute atomic E-state index is 0.103. The molecule has 1 N–H and O–H groups in total. The maximum atomic E-state index is 12.1. The fraction of sp³-hybridized carbons (Fsp3) is 0.0625. The zero-order chi connectivity index (χ0) is 13.7. The van der Waals surface area contributed by atoms with E-state index in [-0.39, 0.29) is 5.91 Å². The van der Waals surface area contributed by atoms with Gasteiger partial charge in [0.25, 0.3) is 5.91 Å². The highest BCUT2D eigenvalue weighted by molar-refractivity contribution is 9.10. The SMILES string of the molecule is C=CCc1cc(Br)ccc1NC(=O)c1ccccc1. The van der Waals surface area contributed by atoms with Gasteiger partial charge in [0.1, 0.15) is 0 Å². The van der Waals surface area contributed by atoms with E-state index >= 15 is 0 Å². The van der Waals surface area contributed by atoms with E-state index in [0.717, 1.165) is 15.7 Å². The lowest BCUT2D eigenvalue weighted by Gasteiger charge is -2.10. The Morgan fingerprint density at radius 3 is 2.63 bits per heavy atom. The molecule has 2 aromatic rings. The van der Waals surface area contributed by atoms with Gasteiger partial charge in [-0.1, -0.05) is 40.2 Å². The third-order valence-corrected chi connectivity index (χ3v) is 3.21. The molecule has 0 saturated carbocycles. The number of nitrogens with one attached hydrogen (secondary N) is 1. The highest BCUT2D eigenvalue weighted by Crippen LogP contribution is 2.22. The lowest BCUT2D eigenvalue weighted by atomic mass is 10.1. The van der Waals surface area contributed by atoms with Crippen LogP contribution in [0.2, 0.25) is 0 Å². The molecule has 0 saturated heterocycles. The molecule has 0 fully saturated rings. The van der Waals surface area contributed by atoms with Crippen molar-refractivity contribution in [2.45, 2.75) is 6.42 Å². The van der Waals surface area contributed by atoms with Crippen LogP contribution in [0.15, 0.2) is 65.7 Å². The Labute approximate surface area is 121 Å². The third kappa shape index (κ3) is 3.55. The van der Waals surface area contributed by atoms with Crippen molar-refractivity contribution in [1.29, 1.82) is 0 Å². The maximum absolute atomic E-state index is 12.1. The Balaban J connectivity index is 2.23. The van der Waals surface area contributed by atoms with Crippen molar-refractivity contribution in [3.8, 4) is 0 Å². The van der Waals surface area contributed by atoms with E-state index in [2.05, 4.69) is 27.8 Å². The quantitative estimate of drug-likeness (QED) is 0.831. The van der Waals surface area contributed by atoms with E-state index in [1.165, 1.54) is 0 Å². The fourth-order valence-corrected chi connectivity index (χ4v) is 2.20. The molecule has 2 rings (SSSR count). The molecule has 0 aliphatic heterocycles. The molecule has 2 nitrogen and oxygen atoms in total. The number of hydrogen-bond donors (Lipinski definition) is 1. The predicted octanol–water partition coefficient (Wildman–Crippen LogP) is 4.43. The Bertz CT molecular complexity index is 593. The Morgan fingerprint density at radius 1 is 1.21 bits per heavy atom. The zero-order valence-corrected chi connectivity index (χ0v) is 12.0. The first-order valence-electron chi connectivity index (χ1n) is 5.96. The summed E-state index contributed by atoms with van der Waals surface area (Å²) in [5.41, 5.74) is 2.50. The van der Waals surface area contributed by atoms with E-state index < -0.39 is 0 Å². The summed E-state index contributed by atoms with van der Waals surface area (Å²) in [6.07, 6.45) is 2.53. The van der Waals surface area contributed by atoms with Crippen molar-refractivity contribution in [1.82, 2.24) is 0 Å². The highest BCUT2D eigenvalue weighted by Gasteiger charge is 2.08. The molecule has 0 aliphatic rings. The highest BCUT2D eigenvalue weighted by atomic mass is 79.9. The summed E-state index contributed by atoms with van der Waals surface area (Å²) in [7, 11) is 0. The number of hydrogen-bond acceptors (Lipinski definition) is 1. The molecule has 0 bridgehead atoms. The average molecular weight is 316 g/mol. The van der Waals surface area contributed by atoms with Crippen LogP contribution < -0.4 is 5.32 Å². The van der Waals surface area contributed by atoms with Crippen molar-refractivity contribution < 1.29 is 4.79 Å².